The van der Waals surface area contributed by atoms with Crippen LogP contribution in [0.15, 0.2) is 85.1 Å². The molecule has 0 spiro atoms. The summed E-state index contributed by atoms with van der Waals surface area (Å²) in [6, 6.07) is 22.4. The maximum absolute atomic E-state index is 13.3. The number of amides is 3. The topological polar surface area (TPSA) is 108 Å². The lowest BCUT2D eigenvalue weighted by Gasteiger charge is -2.26. The monoisotopic (exact) mass is 498 g/mol. The fourth-order valence-electron chi connectivity index (χ4n) is 4.41. The Labute approximate surface area is 216 Å². The van der Waals surface area contributed by atoms with Crippen LogP contribution in [0.3, 0.4) is 0 Å². The van der Waals surface area contributed by atoms with E-state index in [0.717, 1.165) is 16.8 Å². The van der Waals surface area contributed by atoms with E-state index in [1.807, 2.05) is 72.8 Å². The first kappa shape index (κ1) is 25.8. The zero-order chi connectivity index (χ0) is 26.0. The Morgan fingerprint density at radius 2 is 1.59 bits per heavy atom. The summed E-state index contributed by atoms with van der Waals surface area (Å²) in [6.07, 6.45) is 2.94. The third kappa shape index (κ3) is 7.10. The molecule has 0 radical (unpaired) electrons. The van der Waals surface area contributed by atoms with E-state index < -0.39 is 29.7 Å². The van der Waals surface area contributed by atoms with Gasteiger partial charge in [-0.1, -0.05) is 66.7 Å². The molecule has 8 heteroatoms. The molecule has 190 valence electrons. The number of ketones is 1. The van der Waals surface area contributed by atoms with Gasteiger partial charge in [-0.3, -0.25) is 24.2 Å². The van der Waals surface area contributed by atoms with Crippen LogP contribution in [-0.2, 0) is 38.6 Å². The van der Waals surface area contributed by atoms with Gasteiger partial charge in [-0.25, -0.2) is 0 Å². The molecule has 1 aliphatic heterocycles. The van der Waals surface area contributed by atoms with E-state index in [4.69, 9.17) is 0 Å². The summed E-state index contributed by atoms with van der Waals surface area (Å²) in [5.41, 5.74) is 2.53. The van der Waals surface area contributed by atoms with E-state index in [1.165, 1.54) is 0 Å². The minimum atomic E-state index is -1.06. The number of rotatable bonds is 11. The number of likely N-dealkylation sites (tertiary alicyclic amines) is 1. The van der Waals surface area contributed by atoms with Gasteiger partial charge in [0.2, 0.25) is 17.6 Å². The quantitative estimate of drug-likeness (QED) is 0.394. The molecular formula is C29H30N4O4. The van der Waals surface area contributed by atoms with Crippen LogP contribution in [0.1, 0.15) is 29.7 Å². The summed E-state index contributed by atoms with van der Waals surface area (Å²) in [6.45, 7) is 0.554. The van der Waals surface area contributed by atoms with Gasteiger partial charge in [0.15, 0.2) is 0 Å². The predicted molar refractivity (Wildman–Crippen MR) is 138 cm³/mol. The van der Waals surface area contributed by atoms with Gasteiger partial charge in [-0.05, 0) is 29.7 Å². The van der Waals surface area contributed by atoms with Gasteiger partial charge in [0.1, 0.15) is 12.1 Å². The Bertz CT molecular complexity index is 1220. The van der Waals surface area contributed by atoms with Gasteiger partial charge in [0.05, 0.1) is 0 Å². The largest absolute Gasteiger partial charge is 0.349 e. The highest BCUT2D eigenvalue weighted by molar-refractivity contribution is 6.38. The highest BCUT2D eigenvalue weighted by atomic mass is 16.2. The number of nitrogens with one attached hydrogen (secondary N) is 2. The van der Waals surface area contributed by atoms with Crippen LogP contribution in [0.5, 0.6) is 0 Å². The van der Waals surface area contributed by atoms with Crippen molar-refractivity contribution in [3.63, 3.8) is 0 Å². The van der Waals surface area contributed by atoms with Gasteiger partial charge >= 0.3 is 0 Å². The molecule has 1 aromatic heterocycles. The van der Waals surface area contributed by atoms with Crippen molar-refractivity contribution in [1.82, 2.24) is 20.5 Å². The van der Waals surface area contributed by atoms with Crippen molar-refractivity contribution in [2.75, 3.05) is 6.54 Å². The molecule has 0 saturated carbocycles. The second-order valence-electron chi connectivity index (χ2n) is 9.00. The molecule has 2 heterocycles. The summed E-state index contributed by atoms with van der Waals surface area (Å²) in [4.78, 5) is 57.5. The molecule has 0 aliphatic carbocycles. The molecule has 0 bridgehead atoms. The molecule has 1 fully saturated rings. The standard InChI is InChI=1S/C29H30N4O4/c34-26-15-14-25(33(26)20-22-11-5-2-6-12-22)28(36)32-24(19-21-9-3-1-4-10-21)27(35)29(37)31-18-16-23-13-7-8-17-30-23/h1-13,17,24-25H,14-16,18-20H2,(H,31,37)(H,32,36). The molecule has 3 aromatic rings. The van der Waals surface area contributed by atoms with Crippen molar-refractivity contribution in [1.29, 1.82) is 0 Å². The van der Waals surface area contributed by atoms with Crippen molar-refractivity contribution in [3.05, 3.63) is 102 Å². The Kier molecular flexibility index (Phi) is 8.75. The normalized spacial score (nSPS) is 15.7. The van der Waals surface area contributed by atoms with E-state index in [-0.39, 0.29) is 25.3 Å². The Morgan fingerprint density at radius 3 is 2.27 bits per heavy atom. The molecule has 2 atom stereocenters. The van der Waals surface area contributed by atoms with Crippen molar-refractivity contribution in [2.45, 2.75) is 44.3 Å². The van der Waals surface area contributed by atoms with Crippen LogP contribution in [0, 0.1) is 0 Å². The van der Waals surface area contributed by atoms with Gasteiger partial charge in [-0.15, -0.1) is 0 Å². The van der Waals surface area contributed by atoms with Crippen molar-refractivity contribution >= 4 is 23.5 Å². The molecule has 3 amide bonds. The number of carbonyl (C=O) groups excluding carboxylic acids is 4. The maximum Gasteiger partial charge on any atom is 0.289 e. The number of aromatic nitrogens is 1. The van der Waals surface area contributed by atoms with Crippen LogP contribution >= 0.6 is 0 Å². The van der Waals surface area contributed by atoms with Crippen LogP contribution in [-0.4, -0.2) is 52.0 Å². The molecule has 1 saturated heterocycles. The minimum Gasteiger partial charge on any atom is -0.349 e. The number of carbonyl (C=O) groups is 4. The number of hydrogen-bond acceptors (Lipinski definition) is 5. The lowest BCUT2D eigenvalue weighted by atomic mass is 10.0. The number of hydrogen-bond donors (Lipinski definition) is 2. The zero-order valence-corrected chi connectivity index (χ0v) is 20.5. The smallest absolute Gasteiger partial charge is 0.289 e. The third-order valence-corrected chi connectivity index (χ3v) is 6.36. The molecule has 4 rings (SSSR count). The molecular weight excluding hydrogens is 468 g/mol. The summed E-state index contributed by atoms with van der Waals surface area (Å²) in [7, 11) is 0. The summed E-state index contributed by atoms with van der Waals surface area (Å²) < 4.78 is 0. The molecule has 2 aromatic carbocycles. The lowest BCUT2D eigenvalue weighted by Crippen LogP contribution is -2.53. The molecule has 8 nitrogen and oxygen atoms in total. The van der Waals surface area contributed by atoms with Crippen molar-refractivity contribution in [3.8, 4) is 0 Å². The predicted octanol–water partition coefficient (Wildman–Crippen LogP) is 2.23. The van der Waals surface area contributed by atoms with E-state index in [0.29, 0.717) is 19.4 Å². The first-order valence-corrected chi connectivity index (χ1v) is 12.4. The summed E-state index contributed by atoms with van der Waals surface area (Å²) in [5, 5.41) is 5.42. The summed E-state index contributed by atoms with van der Waals surface area (Å²) >= 11 is 0. The van der Waals surface area contributed by atoms with E-state index in [9.17, 15) is 19.2 Å². The fraction of sp³-hybridized carbons (Fsp3) is 0.276. The first-order valence-electron chi connectivity index (χ1n) is 12.4. The molecule has 2 N–H and O–H groups in total. The van der Waals surface area contributed by atoms with E-state index >= 15 is 0 Å². The van der Waals surface area contributed by atoms with Gasteiger partial charge < -0.3 is 15.5 Å². The van der Waals surface area contributed by atoms with Crippen molar-refractivity contribution in [2.24, 2.45) is 0 Å². The van der Waals surface area contributed by atoms with Gasteiger partial charge in [0.25, 0.3) is 5.91 Å². The van der Waals surface area contributed by atoms with Crippen molar-refractivity contribution < 1.29 is 19.2 Å². The molecule has 2 unspecified atom stereocenters. The Hall–Kier alpha value is -4.33. The van der Waals surface area contributed by atoms with Crippen LogP contribution in [0.25, 0.3) is 0 Å². The van der Waals surface area contributed by atoms with Crippen LogP contribution < -0.4 is 10.6 Å². The Morgan fingerprint density at radius 1 is 0.919 bits per heavy atom. The third-order valence-electron chi connectivity index (χ3n) is 6.36. The fourth-order valence-corrected chi connectivity index (χ4v) is 4.41. The summed E-state index contributed by atoms with van der Waals surface area (Å²) in [5.74, 6) is -2.03. The Balaban J connectivity index is 1.43. The molecule has 1 aliphatic rings. The average Bonchev–Trinajstić information content (AvgIpc) is 3.29. The highest BCUT2D eigenvalue weighted by Crippen LogP contribution is 2.22. The van der Waals surface area contributed by atoms with Gasteiger partial charge in [-0.2, -0.15) is 0 Å². The lowest BCUT2D eigenvalue weighted by molar-refractivity contribution is -0.141. The second-order valence-corrected chi connectivity index (χ2v) is 9.00. The average molecular weight is 499 g/mol. The van der Waals surface area contributed by atoms with E-state index in [2.05, 4.69) is 15.6 Å². The number of nitrogens with zero attached hydrogens (tertiary/aromatic N) is 2. The number of Topliss-reactive ketones (excluding diaryl/α,β-unsaturated/α-hetero) is 1. The highest BCUT2D eigenvalue weighted by Gasteiger charge is 2.38. The molecule has 37 heavy (non-hydrogen) atoms. The zero-order valence-electron chi connectivity index (χ0n) is 20.5. The number of benzene rings is 2. The first-order chi connectivity index (χ1) is 18.0. The van der Waals surface area contributed by atoms with E-state index in [1.54, 1.807) is 17.2 Å². The maximum atomic E-state index is 13.3. The SMILES string of the molecule is O=C(NCCc1ccccn1)C(=O)C(Cc1ccccc1)NC(=O)C1CCC(=O)N1Cc1ccccc1. The minimum absolute atomic E-state index is 0.109. The van der Waals surface area contributed by atoms with Crippen LogP contribution in [0.4, 0.5) is 0 Å². The van der Waals surface area contributed by atoms with Crippen LogP contribution in [0.2, 0.25) is 0 Å². The number of pyridine rings is 1. The van der Waals surface area contributed by atoms with Gasteiger partial charge in [0, 0.05) is 44.2 Å². The second kappa shape index (κ2) is 12.6.